The van der Waals surface area contributed by atoms with Gasteiger partial charge in [0.25, 0.3) is 11.8 Å². The first-order valence-electron chi connectivity index (χ1n) is 3.83. The molecule has 0 spiro atoms. The van der Waals surface area contributed by atoms with Gasteiger partial charge in [-0.3, -0.25) is 14.4 Å². The number of hydrogen-bond donors (Lipinski definition) is 3. The summed E-state index contributed by atoms with van der Waals surface area (Å²) in [5.74, 6) is -2.55. The Morgan fingerprint density at radius 2 is 1.27 bits per heavy atom. The van der Waals surface area contributed by atoms with Gasteiger partial charge in [-0.25, -0.2) is 4.98 Å². The summed E-state index contributed by atoms with van der Waals surface area (Å²) in [4.78, 5) is 36.0. The Hall–Kier alpha value is -2.44. The highest BCUT2D eigenvalue weighted by Gasteiger charge is 2.13. The van der Waals surface area contributed by atoms with Crippen LogP contribution in [0.25, 0.3) is 0 Å². The fourth-order valence-electron chi connectivity index (χ4n) is 0.925. The molecule has 1 heterocycles. The largest absolute Gasteiger partial charge is 0.366 e. The minimum Gasteiger partial charge on any atom is -0.366 e. The smallest absolute Gasteiger partial charge is 0.267 e. The van der Waals surface area contributed by atoms with Crippen molar-refractivity contribution < 1.29 is 14.4 Å². The van der Waals surface area contributed by atoms with Gasteiger partial charge in [0.05, 0.1) is 0 Å². The van der Waals surface area contributed by atoms with Crippen molar-refractivity contribution in [1.29, 1.82) is 0 Å². The number of amides is 3. The van der Waals surface area contributed by atoms with Gasteiger partial charge in [0.15, 0.2) is 0 Å². The van der Waals surface area contributed by atoms with Crippen molar-refractivity contribution in [2.75, 3.05) is 0 Å². The molecule has 0 aromatic carbocycles. The van der Waals surface area contributed by atoms with Gasteiger partial charge in [0, 0.05) is 5.56 Å². The molecule has 0 unspecified atom stereocenters. The Kier molecular flexibility index (Phi) is 2.65. The van der Waals surface area contributed by atoms with Crippen molar-refractivity contribution >= 4 is 17.7 Å². The van der Waals surface area contributed by atoms with Crippen molar-refractivity contribution in [1.82, 2.24) is 4.98 Å². The average Bonchev–Trinajstić information content (AvgIpc) is 2.16. The minimum absolute atomic E-state index is 0.0485. The van der Waals surface area contributed by atoms with E-state index < -0.39 is 17.7 Å². The number of rotatable bonds is 3. The second-order valence-electron chi connectivity index (χ2n) is 2.72. The predicted octanol–water partition coefficient (Wildman–Crippen LogP) is -1.62. The van der Waals surface area contributed by atoms with Crippen LogP contribution in [0.2, 0.25) is 0 Å². The Morgan fingerprint density at radius 3 is 1.53 bits per heavy atom. The fourth-order valence-corrected chi connectivity index (χ4v) is 0.925. The Morgan fingerprint density at radius 1 is 0.867 bits per heavy atom. The van der Waals surface area contributed by atoms with Crippen LogP contribution < -0.4 is 17.2 Å². The standard InChI is InChI=1S/C8H8N4O3/c9-6(13)3-1-4(7(10)14)12-5(2-3)8(11)15/h1-2H,(H2,9,13)(H2,10,14)(H2,11,15). The molecule has 1 aromatic heterocycles. The van der Waals surface area contributed by atoms with E-state index in [0.29, 0.717) is 0 Å². The molecule has 6 N–H and O–H groups in total. The van der Waals surface area contributed by atoms with Crippen LogP contribution in [-0.2, 0) is 0 Å². The number of hydrogen-bond acceptors (Lipinski definition) is 4. The zero-order valence-electron chi connectivity index (χ0n) is 7.56. The van der Waals surface area contributed by atoms with Crippen molar-refractivity contribution in [3.05, 3.63) is 29.1 Å². The summed E-state index contributed by atoms with van der Waals surface area (Å²) < 4.78 is 0. The molecule has 0 saturated heterocycles. The monoisotopic (exact) mass is 208 g/mol. The van der Waals surface area contributed by atoms with Gasteiger partial charge >= 0.3 is 0 Å². The Balaban J connectivity index is 3.39. The third-order valence-corrected chi connectivity index (χ3v) is 1.61. The first kappa shape index (κ1) is 10.6. The molecule has 15 heavy (non-hydrogen) atoms. The highest BCUT2D eigenvalue weighted by molar-refractivity contribution is 6.00. The quantitative estimate of drug-likeness (QED) is 0.548. The van der Waals surface area contributed by atoms with E-state index in [9.17, 15) is 14.4 Å². The molecule has 0 aliphatic rings. The van der Waals surface area contributed by atoms with E-state index in [0.717, 1.165) is 12.1 Å². The molecular weight excluding hydrogens is 200 g/mol. The maximum atomic E-state index is 10.8. The molecular formula is C8H8N4O3. The normalized spacial score (nSPS) is 9.60. The van der Waals surface area contributed by atoms with Gasteiger partial charge in [-0.15, -0.1) is 0 Å². The number of primary amides is 3. The predicted molar refractivity (Wildman–Crippen MR) is 49.8 cm³/mol. The molecule has 0 saturated carbocycles. The Labute approximate surface area is 84.3 Å². The van der Waals surface area contributed by atoms with Crippen LogP contribution in [0.1, 0.15) is 31.3 Å². The first-order valence-corrected chi connectivity index (χ1v) is 3.83. The molecule has 1 aromatic rings. The van der Waals surface area contributed by atoms with E-state index in [2.05, 4.69) is 4.98 Å². The summed E-state index contributed by atoms with van der Waals surface area (Å²) in [5, 5.41) is 0. The lowest BCUT2D eigenvalue weighted by Gasteiger charge is -2.01. The lowest BCUT2D eigenvalue weighted by Crippen LogP contribution is -2.21. The molecule has 3 amide bonds. The number of pyridine rings is 1. The number of carbonyl (C=O) groups is 3. The van der Waals surface area contributed by atoms with Crippen LogP contribution >= 0.6 is 0 Å². The molecule has 0 radical (unpaired) electrons. The van der Waals surface area contributed by atoms with Crippen LogP contribution in [0, 0.1) is 0 Å². The summed E-state index contributed by atoms with van der Waals surface area (Å²) in [7, 11) is 0. The molecule has 7 heteroatoms. The van der Waals surface area contributed by atoms with E-state index in [1.807, 2.05) is 0 Å². The lowest BCUT2D eigenvalue weighted by atomic mass is 10.1. The SMILES string of the molecule is NC(=O)c1cc(C(N)=O)nc(C(N)=O)c1. The van der Waals surface area contributed by atoms with Crippen LogP contribution in [0.5, 0.6) is 0 Å². The van der Waals surface area contributed by atoms with Crippen LogP contribution in [0.3, 0.4) is 0 Å². The van der Waals surface area contributed by atoms with Crippen LogP contribution in [0.15, 0.2) is 12.1 Å². The van der Waals surface area contributed by atoms with Crippen LogP contribution in [-0.4, -0.2) is 22.7 Å². The number of carbonyl (C=O) groups excluding carboxylic acids is 3. The van der Waals surface area contributed by atoms with E-state index >= 15 is 0 Å². The van der Waals surface area contributed by atoms with E-state index in [1.54, 1.807) is 0 Å². The highest BCUT2D eigenvalue weighted by atomic mass is 16.2. The van der Waals surface area contributed by atoms with Gasteiger partial charge in [0.2, 0.25) is 5.91 Å². The van der Waals surface area contributed by atoms with E-state index in [4.69, 9.17) is 17.2 Å². The van der Waals surface area contributed by atoms with E-state index in [-0.39, 0.29) is 17.0 Å². The maximum absolute atomic E-state index is 10.8. The summed E-state index contributed by atoms with van der Waals surface area (Å²) in [6, 6.07) is 2.19. The van der Waals surface area contributed by atoms with Crippen LogP contribution in [0.4, 0.5) is 0 Å². The maximum Gasteiger partial charge on any atom is 0.267 e. The lowest BCUT2D eigenvalue weighted by molar-refractivity contribution is 0.0992. The molecule has 0 atom stereocenters. The topological polar surface area (TPSA) is 142 Å². The fraction of sp³-hybridized carbons (Fsp3) is 0. The average molecular weight is 208 g/mol. The van der Waals surface area contributed by atoms with Gasteiger partial charge in [-0.05, 0) is 12.1 Å². The van der Waals surface area contributed by atoms with Gasteiger partial charge in [0.1, 0.15) is 11.4 Å². The highest BCUT2D eigenvalue weighted by Crippen LogP contribution is 2.05. The van der Waals surface area contributed by atoms with Crippen molar-refractivity contribution in [2.45, 2.75) is 0 Å². The van der Waals surface area contributed by atoms with Gasteiger partial charge in [-0.1, -0.05) is 0 Å². The number of nitrogens with two attached hydrogens (primary N) is 3. The first-order chi connectivity index (χ1) is 6.91. The summed E-state index contributed by atoms with van der Waals surface area (Å²) in [5.41, 5.74) is 14.4. The zero-order chi connectivity index (χ0) is 11.6. The van der Waals surface area contributed by atoms with Gasteiger partial charge < -0.3 is 17.2 Å². The third kappa shape index (κ3) is 2.27. The summed E-state index contributed by atoms with van der Waals surface area (Å²) >= 11 is 0. The number of nitrogens with zero attached hydrogens (tertiary/aromatic N) is 1. The molecule has 78 valence electrons. The second-order valence-corrected chi connectivity index (χ2v) is 2.72. The van der Waals surface area contributed by atoms with Crippen molar-refractivity contribution in [3.63, 3.8) is 0 Å². The number of aromatic nitrogens is 1. The second kappa shape index (κ2) is 3.74. The molecule has 1 rings (SSSR count). The van der Waals surface area contributed by atoms with Gasteiger partial charge in [-0.2, -0.15) is 0 Å². The summed E-state index contributed by atoms with van der Waals surface area (Å²) in [6.07, 6.45) is 0. The van der Waals surface area contributed by atoms with E-state index in [1.165, 1.54) is 0 Å². The Bertz CT molecular complexity index is 376. The molecule has 7 nitrogen and oxygen atoms in total. The molecule has 0 bridgehead atoms. The zero-order valence-corrected chi connectivity index (χ0v) is 7.56. The third-order valence-electron chi connectivity index (χ3n) is 1.61. The molecule has 0 aliphatic heterocycles. The molecule has 0 fully saturated rings. The van der Waals surface area contributed by atoms with Crippen molar-refractivity contribution in [3.8, 4) is 0 Å². The molecule has 0 aliphatic carbocycles. The minimum atomic E-state index is -0.874. The summed E-state index contributed by atoms with van der Waals surface area (Å²) in [6.45, 7) is 0. The van der Waals surface area contributed by atoms with Crippen molar-refractivity contribution in [2.24, 2.45) is 17.2 Å².